The van der Waals surface area contributed by atoms with E-state index in [9.17, 15) is 14.4 Å². The number of hydrogen-bond donors (Lipinski definition) is 2. The second kappa shape index (κ2) is 8.72. The highest BCUT2D eigenvalue weighted by molar-refractivity contribution is 6.00. The lowest BCUT2D eigenvalue weighted by Gasteiger charge is -2.32. The quantitative estimate of drug-likeness (QED) is 0.521. The molecule has 11 heteroatoms. The fourth-order valence-electron chi connectivity index (χ4n) is 5.76. The van der Waals surface area contributed by atoms with E-state index in [1.165, 1.54) is 4.57 Å². The summed E-state index contributed by atoms with van der Waals surface area (Å²) in [4.78, 5) is 39.4. The number of benzene rings is 1. The predicted octanol–water partition coefficient (Wildman–Crippen LogP) is 0.392. The highest BCUT2D eigenvalue weighted by Crippen LogP contribution is 2.29. The Morgan fingerprint density at radius 1 is 1.03 bits per heavy atom. The Labute approximate surface area is 202 Å². The van der Waals surface area contributed by atoms with Gasteiger partial charge in [-0.3, -0.25) is 28.9 Å². The van der Waals surface area contributed by atoms with Gasteiger partial charge < -0.3 is 9.88 Å². The fourth-order valence-corrected chi connectivity index (χ4v) is 5.76. The summed E-state index contributed by atoms with van der Waals surface area (Å²) in [5, 5.41) is 14.6. The van der Waals surface area contributed by atoms with Crippen LogP contribution in [0.3, 0.4) is 0 Å². The first-order valence-electron chi connectivity index (χ1n) is 12.4. The van der Waals surface area contributed by atoms with Gasteiger partial charge in [0.05, 0.1) is 17.6 Å². The van der Waals surface area contributed by atoms with Gasteiger partial charge in [0.1, 0.15) is 17.7 Å². The van der Waals surface area contributed by atoms with E-state index in [-0.39, 0.29) is 18.0 Å². The summed E-state index contributed by atoms with van der Waals surface area (Å²) in [6.45, 7) is 5.48. The second-order valence-electron chi connectivity index (χ2n) is 9.85. The topological polar surface area (TPSA) is 119 Å². The summed E-state index contributed by atoms with van der Waals surface area (Å²) >= 11 is 0. The maximum atomic E-state index is 13.0. The Morgan fingerprint density at radius 3 is 2.66 bits per heavy atom. The van der Waals surface area contributed by atoms with Crippen molar-refractivity contribution in [2.24, 2.45) is 7.05 Å². The summed E-state index contributed by atoms with van der Waals surface area (Å²) in [7, 11) is 1.73. The van der Waals surface area contributed by atoms with Gasteiger partial charge in [0, 0.05) is 39.0 Å². The Balaban J connectivity index is 1.17. The van der Waals surface area contributed by atoms with Gasteiger partial charge in [-0.1, -0.05) is 6.07 Å². The van der Waals surface area contributed by atoms with Crippen molar-refractivity contribution in [1.29, 1.82) is 0 Å². The Morgan fingerprint density at radius 2 is 1.86 bits per heavy atom. The molecule has 2 amide bonds. The number of carbonyl (C=O) groups excluding carboxylic acids is 2. The Kier molecular flexibility index (Phi) is 5.53. The number of likely N-dealkylation sites (tertiary alicyclic amines) is 1. The molecule has 1 atom stereocenters. The number of hydrogen-bond acceptors (Lipinski definition) is 7. The van der Waals surface area contributed by atoms with Crippen LogP contribution >= 0.6 is 0 Å². The maximum absolute atomic E-state index is 13.0. The van der Waals surface area contributed by atoms with Crippen LogP contribution in [-0.2, 0) is 36.3 Å². The van der Waals surface area contributed by atoms with Crippen molar-refractivity contribution >= 4 is 22.8 Å². The third-order valence-corrected chi connectivity index (χ3v) is 7.69. The third kappa shape index (κ3) is 3.88. The van der Waals surface area contributed by atoms with Crippen LogP contribution in [0.5, 0.6) is 0 Å². The van der Waals surface area contributed by atoms with Gasteiger partial charge in [0.15, 0.2) is 0 Å². The summed E-state index contributed by atoms with van der Waals surface area (Å²) in [6, 6.07) is 5.36. The minimum absolute atomic E-state index is 0.237. The van der Waals surface area contributed by atoms with E-state index < -0.39 is 11.9 Å². The molecule has 11 nitrogen and oxygen atoms in total. The first-order chi connectivity index (χ1) is 17.0. The molecule has 2 fully saturated rings. The van der Waals surface area contributed by atoms with Crippen LogP contribution in [0.4, 0.5) is 0 Å². The number of piperidine rings is 2. The van der Waals surface area contributed by atoms with Crippen LogP contribution in [0.25, 0.3) is 11.0 Å². The lowest BCUT2D eigenvalue weighted by Crippen LogP contribution is -2.44. The smallest absolute Gasteiger partial charge is 0.312 e. The molecule has 35 heavy (non-hydrogen) atoms. The molecule has 2 saturated heterocycles. The van der Waals surface area contributed by atoms with Gasteiger partial charge in [-0.2, -0.15) is 0 Å². The molecule has 0 radical (unpaired) electrons. The minimum atomic E-state index is -0.660. The van der Waals surface area contributed by atoms with Crippen molar-refractivity contribution < 1.29 is 9.59 Å². The molecule has 3 aliphatic rings. The van der Waals surface area contributed by atoms with Crippen LogP contribution in [0.2, 0.25) is 0 Å². The zero-order valence-corrected chi connectivity index (χ0v) is 19.9. The molecule has 3 aliphatic heterocycles. The van der Waals surface area contributed by atoms with Gasteiger partial charge in [0.25, 0.3) is 0 Å². The molecule has 5 heterocycles. The summed E-state index contributed by atoms with van der Waals surface area (Å²) in [6.07, 6.45) is 2.68. The highest BCUT2D eigenvalue weighted by Gasteiger charge is 2.31. The molecule has 0 bridgehead atoms. The molecule has 0 aliphatic carbocycles. The van der Waals surface area contributed by atoms with E-state index in [0.717, 1.165) is 80.4 Å². The number of imidazole rings is 1. The number of aromatic nitrogens is 5. The van der Waals surface area contributed by atoms with E-state index in [1.807, 2.05) is 18.2 Å². The first kappa shape index (κ1) is 22.2. The van der Waals surface area contributed by atoms with Gasteiger partial charge in [0.2, 0.25) is 11.8 Å². The monoisotopic (exact) mass is 478 g/mol. The fraction of sp³-hybridized carbons (Fsp3) is 0.542. The average Bonchev–Trinajstić information content (AvgIpc) is 3.39. The van der Waals surface area contributed by atoms with Crippen LogP contribution in [-0.4, -0.2) is 60.2 Å². The molecular formula is C24H30N8O3. The lowest BCUT2D eigenvalue weighted by atomic mass is 9.95. The average molecular weight is 479 g/mol. The molecule has 184 valence electrons. The van der Waals surface area contributed by atoms with Crippen molar-refractivity contribution in [2.75, 3.05) is 19.6 Å². The molecule has 1 unspecified atom stereocenters. The number of aryl methyl sites for hydroxylation is 1. The number of nitrogens with one attached hydrogen (secondary N) is 2. The van der Waals surface area contributed by atoms with Crippen molar-refractivity contribution in [2.45, 2.75) is 57.3 Å². The molecule has 2 aromatic heterocycles. The largest absolute Gasteiger partial charge is 0.329 e. The maximum Gasteiger partial charge on any atom is 0.329 e. The number of carbonyl (C=O) groups is 2. The zero-order chi connectivity index (χ0) is 24.1. The zero-order valence-electron chi connectivity index (χ0n) is 19.9. The molecule has 0 saturated carbocycles. The second-order valence-corrected chi connectivity index (χ2v) is 9.85. The van der Waals surface area contributed by atoms with Crippen LogP contribution in [0.1, 0.15) is 54.9 Å². The van der Waals surface area contributed by atoms with Crippen LogP contribution in [0, 0.1) is 0 Å². The van der Waals surface area contributed by atoms with Gasteiger partial charge in [-0.15, -0.1) is 10.2 Å². The molecule has 2 N–H and O–H groups in total. The van der Waals surface area contributed by atoms with E-state index in [4.69, 9.17) is 0 Å². The van der Waals surface area contributed by atoms with Crippen molar-refractivity contribution in [1.82, 2.24) is 39.4 Å². The molecule has 1 aromatic carbocycles. The number of rotatable bonds is 4. The SMILES string of the molecule is Cn1c(=O)n(C2CCC(=O)NC2=O)c2ccc(CN3CCC(c4nnc5n4CCNC5)CC3)cc21. The molecule has 3 aromatic rings. The molecule has 0 spiro atoms. The standard InChI is InChI=1S/C24H30N8O3/c1-29-19-12-15(2-3-17(19)32(24(29)35)18-4-5-21(33)26-23(18)34)14-30-9-6-16(7-10-30)22-28-27-20-13-25-8-11-31(20)22/h2-3,12,16,18,25H,4-11,13-14H2,1H3,(H,26,33,34). The van der Waals surface area contributed by atoms with Crippen LogP contribution < -0.4 is 16.3 Å². The summed E-state index contributed by atoms with van der Waals surface area (Å²) in [5.41, 5.74) is 2.42. The Hall–Kier alpha value is -3.31. The van der Waals surface area contributed by atoms with E-state index in [1.54, 1.807) is 11.6 Å². The summed E-state index contributed by atoms with van der Waals surface area (Å²) in [5.74, 6) is 1.92. The highest BCUT2D eigenvalue weighted by atomic mass is 16.2. The molecular weight excluding hydrogens is 448 g/mol. The number of fused-ring (bicyclic) bond motifs is 2. The van der Waals surface area contributed by atoms with E-state index in [2.05, 4.69) is 30.3 Å². The third-order valence-electron chi connectivity index (χ3n) is 7.69. The van der Waals surface area contributed by atoms with E-state index >= 15 is 0 Å². The minimum Gasteiger partial charge on any atom is -0.312 e. The first-order valence-corrected chi connectivity index (χ1v) is 12.4. The predicted molar refractivity (Wildman–Crippen MR) is 128 cm³/mol. The van der Waals surface area contributed by atoms with Crippen molar-refractivity contribution in [3.63, 3.8) is 0 Å². The normalized spacial score (nSPS) is 21.9. The van der Waals surface area contributed by atoms with Gasteiger partial charge in [-0.25, -0.2) is 4.79 Å². The Bertz CT molecular complexity index is 1360. The number of nitrogens with zero attached hydrogens (tertiary/aromatic N) is 6. The van der Waals surface area contributed by atoms with Crippen LogP contribution in [0.15, 0.2) is 23.0 Å². The number of amides is 2. The molecule has 6 rings (SSSR count). The van der Waals surface area contributed by atoms with E-state index in [0.29, 0.717) is 12.3 Å². The summed E-state index contributed by atoms with van der Waals surface area (Å²) < 4.78 is 5.41. The van der Waals surface area contributed by atoms with Crippen molar-refractivity contribution in [3.05, 3.63) is 45.9 Å². The number of imide groups is 1. The van der Waals surface area contributed by atoms with Crippen molar-refractivity contribution in [3.8, 4) is 0 Å². The lowest BCUT2D eigenvalue weighted by molar-refractivity contribution is -0.135. The van der Waals surface area contributed by atoms with Gasteiger partial charge >= 0.3 is 5.69 Å². The van der Waals surface area contributed by atoms with Gasteiger partial charge in [-0.05, 0) is 50.0 Å².